The van der Waals surface area contributed by atoms with Crippen LogP contribution in [-0.2, 0) is 0 Å². The number of hydrogen-bond donors (Lipinski definition) is 1. The first-order valence-corrected chi connectivity index (χ1v) is 9.06. The topological polar surface area (TPSA) is 75.5 Å². The van der Waals surface area contributed by atoms with Crippen molar-refractivity contribution >= 4 is 5.78 Å². The maximum atomic E-state index is 12.3. The van der Waals surface area contributed by atoms with E-state index in [1.54, 1.807) is 12.3 Å². The van der Waals surface area contributed by atoms with Crippen LogP contribution in [-0.4, -0.2) is 51.5 Å². The van der Waals surface area contributed by atoms with Crippen molar-refractivity contribution in [1.29, 1.82) is 0 Å². The van der Waals surface area contributed by atoms with E-state index in [2.05, 4.69) is 14.9 Å². The first-order valence-electron chi connectivity index (χ1n) is 9.06. The van der Waals surface area contributed by atoms with Gasteiger partial charge in [-0.2, -0.15) is 0 Å². The lowest BCUT2D eigenvalue weighted by Crippen LogP contribution is -2.30. The molecule has 1 aliphatic carbocycles. The Hall–Kier alpha value is -2.47. The minimum absolute atomic E-state index is 0.00324. The molecule has 2 fully saturated rings. The third-order valence-corrected chi connectivity index (χ3v) is 5.37. The van der Waals surface area contributed by atoms with Gasteiger partial charge in [0.05, 0.1) is 25.0 Å². The van der Waals surface area contributed by atoms with Gasteiger partial charge in [0, 0.05) is 18.8 Å². The molecule has 2 aromatic rings. The monoisotopic (exact) mass is 353 g/mol. The smallest absolute Gasteiger partial charge is 0.195 e. The second-order valence-electron chi connectivity index (χ2n) is 7.39. The molecule has 2 aliphatic rings. The van der Waals surface area contributed by atoms with Crippen molar-refractivity contribution in [3.8, 4) is 11.5 Å². The molecule has 4 rings (SSSR count). The Labute approximate surface area is 152 Å². The molecule has 1 saturated heterocycles. The Balaban J connectivity index is 1.28. The molecule has 0 radical (unpaired) electrons. The Bertz CT molecular complexity index is 762. The molecule has 1 aliphatic heterocycles. The molecular formula is C20H23N3O3. The van der Waals surface area contributed by atoms with E-state index < -0.39 is 0 Å². The van der Waals surface area contributed by atoms with Crippen LogP contribution in [0.25, 0.3) is 0 Å². The minimum atomic E-state index is 0.00324. The van der Waals surface area contributed by atoms with Gasteiger partial charge in [0.1, 0.15) is 17.2 Å². The zero-order valence-corrected chi connectivity index (χ0v) is 14.8. The normalized spacial score (nSPS) is 25.2. The van der Waals surface area contributed by atoms with Crippen LogP contribution in [0.15, 0.2) is 36.7 Å². The maximum Gasteiger partial charge on any atom is 0.195 e. The van der Waals surface area contributed by atoms with E-state index in [-0.39, 0.29) is 17.6 Å². The lowest BCUT2D eigenvalue weighted by molar-refractivity contribution is 0.0931. The molecule has 3 atom stereocenters. The van der Waals surface area contributed by atoms with Crippen molar-refractivity contribution < 1.29 is 14.6 Å². The lowest BCUT2D eigenvalue weighted by atomic mass is 10.0. The van der Waals surface area contributed by atoms with E-state index in [1.807, 2.05) is 19.1 Å². The second-order valence-corrected chi connectivity index (χ2v) is 7.39. The van der Waals surface area contributed by atoms with E-state index in [9.17, 15) is 9.90 Å². The Kier molecular flexibility index (Phi) is 4.59. The molecule has 1 N–H and O–H groups in total. The summed E-state index contributed by atoms with van der Waals surface area (Å²) in [5.41, 5.74) is 1.40. The molecule has 0 amide bonds. The SMILES string of the molecule is Cc1ccc(OC2C[C@@H]3CN(CC(=O)c4ccc(O)cn4)C[C@@H]3C2)cn1. The second kappa shape index (κ2) is 7.03. The fourth-order valence-corrected chi connectivity index (χ4v) is 4.12. The van der Waals surface area contributed by atoms with Gasteiger partial charge in [-0.3, -0.25) is 14.7 Å². The van der Waals surface area contributed by atoms with Crippen molar-refractivity contribution in [3.63, 3.8) is 0 Å². The van der Waals surface area contributed by atoms with E-state index in [0.29, 0.717) is 24.1 Å². The quantitative estimate of drug-likeness (QED) is 0.832. The standard InChI is InChI=1S/C20H23N3O3/c1-13-2-4-17(9-21-13)26-18-6-14-10-23(11-15(14)7-18)12-20(25)19-5-3-16(24)8-22-19/h2-5,8-9,14-15,18,24H,6-7,10-12H2,1H3/t14-,15+,18?. The van der Waals surface area contributed by atoms with Gasteiger partial charge in [0.2, 0.25) is 0 Å². The van der Waals surface area contributed by atoms with Gasteiger partial charge in [-0.15, -0.1) is 0 Å². The number of aromatic nitrogens is 2. The van der Waals surface area contributed by atoms with E-state index in [0.717, 1.165) is 37.4 Å². The predicted molar refractivity (Wildman–Crippen MR) is 96.3 cm³/mol. The average molecular weight is 353 g/mol. The van der Waals surface area contributed by atoms with Gasteiger partial charge in [-0.05, 0) is 55.9 Å². The number of aromatic hydroxyl groups is 1. The number of nitrogens with zero attached hydrogens (tertiary/aromatic N) is 3. The summed E-state index contributed by atoms with van der Waals surface area (Å²) < 4.78 is 6.08. The summed E-state index contributed by atoms with van der Waals surface area (Å²) in [5, 5.41) is 9.28. The van der Waals surface area contributed by atoms with Crippen LogP contribution >= 0.6 is 0 Å². The number of carbonyl (C=O) groups excluding carboxylic acids is 1. The van der Waals surface area contributed by atoms with Gasteiger partial charge < -0.3 is 9.84 Å². The molecule has 6 nitrogen and oxygen atoms in total. The van der Waals surface area contributed by atoms with E-state index in [4.69, 9.17) is 4.74 Å². The zero-order chi connectivity index (χ0) is 18.1. The van der Waals surface area contributed by atoms with Gasteiger partial charge >= 0.3 is 0 Å². The summed E-state index contributed by atoms with van der Waals surface area (Å²) >= 11 is 0. The van der Waals surface area contributed by atoms with Crippen LogP contribution in [0.4, 0.5) is 0 Å². The fourth-order valence-electron chi connectivity index (χ4n) is 4.12. The van der Waals surface area contributed by atoms with E-state index >= 15 is 0 Å². The number of fused-ring (bicyclic) bond motifs is 1. The van der Waals surface area contributed by atoms with Crippen LogP contribution < -0.4 is 4.74 Å². The third kappa shape index (κ3) is 3.70. The van der Waals surface area contributed by atoms with Crippen LogP contribution in [0.2, 0.25) is 0 Å². The first kappa shape index (κ1) is 17.0. The predicted octanol–water partition coefficient (Wildman–Crippen LogP) is 2.46. The summed E-state index contributed by atoms with van der Waals surface area (Å²) in [4.78, 5) is 22.9. The summed E-state index contributed by atoms with van der Waals surface area (Å²) in [7, 11) is 0. The average Bonchev–Trinajstić information content (AvgIpc) is 3.15. The highest BCUT2D eigenvalue weighted by molar-refractivity contribution is 5.95. The summed E-state index contributed by atoms with van der Waals surface area (Å²) in [6, 6.07) is 7.02. The lowest BCUT2D eigenvalue weighted by Gasteiger charge is -2.19. The van der Waals surface area contributed by atoms with Gasteiger partial charge in [0.15, 0.2) is 5.78 Å². The van der Waals surface area contributed by atoms with Crippen LogP contribution in [0.1, 0.15) is 29.0 Å². The van der Waals surface area contributed by atoms with Crippen molar-refractivity contribution in [2.45, 2.75) is 25.9 Å². The number of ketones is 1. The summed E-state index contributed by atoms with van der Waals surface area (Å²) in [6.07, 6.45) is 5.40. The molecule has 1 unspecified atom stereocenters. The number of rotatable bonds is 5. The van der Waals surface area contributed by atoms with Gasteiger partial charge in [0.25, 0.3) is 0 Å². The maximum absolute atomic E-state index is 12.3. The first-order chi connectivity index (χ1) is 12.6. The van der Waals surface area contributed by atoms with Crippen LogP contribution in [0.3, 0.4) is 0 Å². The zero-order valence-electron chi connectivity index (χ0n) is 14.8. The van der Waals surface area contributed by atoms with E-state index in [1.165, 1.54) is 12.3 Å². The van der Waals surface area contributed by atoms with Gasteiger partial charge in [-0.1, -0.05) is 0 Å². The molecule has 0 spiro atoms. The number of pyridine rings is 2. The number of Topliss-reactive ketones (excluding diaryl/α,β-unsaturated/α-hetero) is 1. The summed E-state index contributed by atoms with van der Waals surface area (Å²) in [5.74, 6) is 2.08. The molecule has 0 aromatic carbocycles. The fraction of sp³-hybridized carbons (Fsp3) is 0.450. The molecule has 1 saturated carbocycles. The highest BCUT2D eigenvalue weighted by atomic mass is 16.5. The highest BCUT2D eigenvalue weighted by Gasteiger charge is 2.42. The number of hydrogen-bond acceptors (Lipinski definition) is 6. The molecule has 2 aromatic heterocycles. The van der Waals surface area contributed by atoms with Crippen molar-refractivity contribution in [1.82, 2.24) is 14.9 Å². The van der Waals surface area contributed by atoms with Crippen molar-refractivity contribution in [2.24, 2.45) is 11.8 Å². The number of ether oxygens (including phenoxy) is 1. The molecule has 0 bridgehead atoms. The Morgan fingerprint density at radius 2 is 1.92 bits per heavy atom. The number of aryl methyl sites for hydroxylation is 1. The molecule has 6 heteroatoms. The molecule has 136 valence electrons. The largest absolute Gasteiger partial charge is 0.506 e. The van der Waals surface area contributed by atoms with Gasteiger partial charge in [-0.25, -0.2) is 4.98 Å². The number of carbonyl (C=O) groups is 1. The van der Waals surface area contributed by atoms with Crippen LogP contribution in [0, 0.1) is 18.8 Å². The Morgan fingerprint density at radius 1 is 1.15 bits per heavy atom. The number of likely N-dealkylation sites (tertiary alicyclic amines) is 1. The Morgan fingerprint density at radius 3 is 2.54 bits per heavy atom. The minimum Gasteiger partial charge on any atom is -0.506 e. The molecule has 26 heavy (non-hydrogen) atoms. The van der Waals surface area contributed by atoms with Crippen molar-refractivity contribution in [2.75, 3.05) is 19.6 Å². The molecule has 3 heterocycles. The highest BCUT2D eigenvalue weighted by Crippen LogP contribution is 2.39. The molecular weight excluding hydrogens is 330 g/mol. The summed E-state index contributed by atoms with van der Waals surface area (Å²) in [6.45, 7) is 4.21. The van der Waals surface area contributed by atoms with Crippen LogP contribution in [0.5, 0.6) is 11.5 Å². The third-order valence-electron chi connectivity index (χ3n) is 5.37. The van der Waals surface area contributed by atoms with Crippen molar-refractivity contribution in [3.05, 3.63) is 48.0 Å².